The summed E-state index contributed by atoms with van der Waals surface area (Å²) in [5.74, 6) is -0.694. The van der Waals surface area contributed by atoms with Crippen LogP contribution in [0.1, 0.15) is 41.6 Å². The van der Waals surface area contributed by atoms with Crippen LogP contribution in [0, 0.1) is 0 Å². The highest BCUT2D eigenvalue weighted by atomic mass is 19.4. The van der Waals surface area contributed by atoms with Crippen LogP contribution in [0.4, 0.5) is 24.5 Å². The van der Waals surface area contributed by atoms with E-state index in [-0.39, 0.29) is 17.3 Å². The van der Waals surface area contributed by atoms with Crippen LogP contribution in [0.5, 0.6) is 0 Å². The molecule has 1 amide bonds. The molecule has 1 saturated carbocycles. The van der Waals surface area contributed by atoms with E-state index in [1.807, 2.05) is 0 Å². The summed E-state index contributed by atoms with van der Waals surface area (Å²) in [6.45, 7) is 0. The van der Waals surface area contributed by atoms with Gasteiger partial charge in [0.05, 0.1) is 11.3 Å². The Labute approximate surface area is 169 Å². The molecule has 1 aliphatic rings. The number of fused-ring (bicyclic) bond motifs is 1. The van der Waals surface area contributed by atoms with Gasteiger partial charge in [0, 0.05) is 17.0 Å². The number of halogens is 3. The molecule has 0 unspecified atom stereocenters. The summed E-state index contributed by atoms with van der Waals surface area (Å²) < 4.78 is 43.6. The molecule has 1 aliphatic carbocycles. The summed E-state index contributed by atoms with van der Waals surface area (Å²) in [6.07, 6.45) is -0.455. The molecule has 30 heavy (non-hydrogen) atoms. The maximum atomic E-state index is 12.8. The van der Waals surface area contributed by atoms with Crippen molar-refractivity contribution >= 4 is 28.3 Å². The molecule has 0 radical (unpaired) electrons. The van der Waals surface area contributed by atoms with Crippen LogP contribution in [0.2, 0.25) is 0 Å². The number of benzene rings is 2. The van der Waals surface area contributed by atoms with Crippen molar-refractivity contribution in [3.63, 3.8) is 0 Å². The molecule has 2 N–H and O–H groups in total. The van der Waals surface area contributed by atoms with Crippen LogP contribution in [0.15, 0.2) is 57.7 Å². The maximum absolute atomic E-state index is 12.8. The standard InChI is InChI=1S/C22H19F3N2O3/c23-22(24,25)14-11-9-13(10-12-14)20(28)27-19-18(26-15-5-1-2-6-15)16-7-3-4-8-17(16)30-21(19)29/h3-4,7-12,15,26H,1-2,5-6H2,(H,27,28). The van der Waals surface area contributed by atoms with Gasteiger partial charge in [-0.25, -0.2) is 4.79 Å². The molecule has 1 fully saturated rings. The Bertz CT molecular complexity index is 1130. The van der Waals surface area contributed by atoms with Gasteiger partial charge in [-0.2, -0.15) is 13.2 Å². The highest BCUT2D eigenvalue weighted by Gasteiger charge is 2.30. The predicted molar refractivity (Wildman–Crippen MR) is 108 cm³/mol. The smallest absolute Gasteiger partial charge is 0.416 e. The lowest BCUT2D eigenvalue weighted by molar-refractivity contribution is -0.137. The van der Waals surface area contributed by atoms with Crippen LogP contribution in [-0.4, -0.2) is 11.9 Å². The molecule has 156 valence electrons. The van der Waals surface area contributed by atoms with E-state index in [4.69, 9.17) is 4.42 Å². The van der Waals surface area contributed by atoms with Crippen LogP contribution in [0.3, 0.4) is 0 Å². The zero-order valence-electron chi connectivity index (χ0n) is 15.9. The summed E-state index contributed by atoms with van der Waals surface area (Å²) in [6, 6.07) is 11.0. The zero-order chi connectivity index (χ0) is 21.3. The lowest BCUT2D eigenvalue weighted by Gasteiger charge is -2.18. The second-order valence-electron chi connectivity index (χ2n) is 7.29. The Hall–Kier alpha value is -3.29. The van der Waals surface area contributed by atoms with Crippen molar-refractivity contribution in [1.29, 1.82) is 0 Å². The van der Waals surface area contributed by atoms with Gasteiger partial charge < -0.3 is 15.1 Å². The van der Waals surface area contributed by atoms with Crippen LogP contribution >= 0.6 is 0 Å². The highest BCUT2D eigenvalue weighted by Crippen LogP contribution is 2.33. The first-order chi connectivity index (χ1) is 14.3. The lowest BCUT2D eigenvalue weighted by atomic mass is 10.1. The fraction of sp³-hybridized carbons (Fsp3) is 0.273. The number of carbonyl (C=O) groups is 1. The predicted octanol–water partition coefficient (Wildman–Crippen LogP) is 5.42. The molecule has 3 aromatic rings. The van der Waals surface area contributed by atoms with Crippen molar-refractivity contribution in [3.05, 3.63) is 70.1 Å². The summed E-state index contributed by atoms with van der Waals surface area (Å²) in [4.78, 5) is 25.3. The Kier molecular flexibility index (Phi) is 5.24. The van der Waals surface area contributed by atoms with Crippen molar-refractivity contribution in [2.24, 2.45) is 0 Å². The van der Waals surface area contributed by atoms with Crippen LogP contribution < -0.4 is 16.3 Å². The third-order valence-electron chi connectivity index (χ3n) is 5.23. The number of alkyl halides is 3. The minimum absolute atomic E-state index is 0.00220. The number of hydrogen-bond acceptors (Lipinski definition) is 4. The fourth-order valence-electron chi connectivity index (χ4n) is 3.68. The summed E-state index contributed by atoms with van der Waals surface area (Å²) in [5, 5.41) is 6.53. The summed E-state index contributed by atoms with van der Waals surface area (Å²) >= 11 is 0. The van der Waals surface area contributed by atoms with E-state index in [0.29, 0.717) is 16.7 Å². The Morgan fingerprint density at radius 3 is 2.30 bits per heavy atom. The van der Waals surface area contributed by atoms with E-state index >= 15 is 0 Å². The van der Waals surface area contributed by atoms with Crippen molar-refractivity contribution in [2.75, 3.05) is 10.6 Å². The van der Waals surface area contributed by atoms with Gasteiger partial charge in [0.1, 0.15) is 5.58 Å². The first kappa shape index (κ1) is 20.0. The van der Waals surface area contributed by atoms with Crippen molar-refractivity contribution in [2.45, 2.75) is 37.9 Å². The van der Waals surface area contributed by atoms with Gasteiger partial charge >= 0.3 is 11.8 Å². The molecule has 8 heteroatoms. The van der Waals surface area contributed by atoms with Gasteiger partial charge in [0.2, 0.25) is 0 Å². The molecule has 2 aromatic carbocycles. The van der Waals surface area contributed by atoms with Gasteiger partial charge in [-0.15, -0.1) is 0 Å². The van der Waals surface area contributed by atoms with E-state index in [0.717, 1.165) is 49.9 Å². The van der Waals surface area contributed by atoms with Gasteiger partial charge in [0.25, 0.3) is 5.91 Å². The number of para-hydroxylation sites is 1. The molecule has 0 spiro atoms. The van der Waals surface area contributed by atoms with E-state index in [2.05, 4.69) is 10.6 Å². The molecule has 0 bridgehead atoms. The topological polar surface area (TPSA) is 71.3 Å². The quantitative estimate of drug-likeness (QED) is 0.557. The van der Waals surface area contributed by atoms with E-state index in [1.54, 1.807) is 24.3 Å². The number of rotatable bonds is 4. The second kappa shape index (κ2) is 7.85. The highest BCUT2D eigenvalue weighted by molar-refractivity contribution is 6.08. The largest absolute Gasteiger partial charge is 0.421 e. The van der Waals surface area contributed by atoms with E-state index in [9.17, 15) is 22.8 Å². The second-order valence-corrected chi connectivity index (χ2v) is 7.29. The van der Waals surface area contributed by atoms with Crippen LogP contribution in [-0.2, 0) is 6.18 Å². The number of hydrogen-bond donors (Lipinski definition) is 2. The van der Waals surface area contributed by atoms with Crippen molar-refractivity contribution in [3.8, 4) is 0 Å². The zero-order valence-corrected chi connectivity index (χ0v) is 15.9. The molecule has 1 heterocycles. The number of nitrogens with one attached hydrogen (secondary N) is 2. The Balaban J connectivity index is 1.70. The lowest BCUT2D eigenvalue weighted by Crippen LogP contribution is -2.23. The van der Waals surface area contributed by atoms with E-state index < -0.39 is 23.3 Å². The fourth-order valence-corrected chi connectivity index (χ4v) is 3.68. The SMILES string of the molecule is O=C(Nc1c(NC2CCCC2)c2ccccc2oc1=O)c1ccc(C(F)(F)F)cc1. The summed E-state index contributed by atoms with van der Waals surface area (Å²) in [7, 11) is 0. The summed E-state index contributed by atoms with van der Waals surface area (Å²) in [5.41, 5.74) is -0.778. The first-order valence-corrected chi connectivity index (χ1v) is 9.64. The molecule has 0 atom stereocenters. The number of amides is 1. The van der Waals surface area contributed by atoms with Crippen molar-refractivity contribution < 1.29 is 22.4 Å². The Morgan fingerprint density at radius 2 is 1.63 bits per heavy atom. The minimum Gasteiger partial charge on any atom is -0.421 e. The molecule has 4 rings (SSSR count). The normalized spacial score (nSPS) is 14.8. The van der Waals surface area contributed by atoms with Gasteiger partial charge in [-0.1, -0.05) is 25.0 Å². The molecule has 5 nitrogen and oxygen atoms in total. The third kappa shape index (κ3) is 4.03. The molecule has 1 aromatic heterocycles. The van der Waals surface area contributed by atoms with E-state index in [1.165, 1.54) is 0 Å². The molecular formula is C22H19F3N2O3. The molecule has 0 saturated heterocycles. The Morgan fingerprint density at radius 1 is 0.967 bits per heavy atom. The number of anilines is 2. The molecular weight excluding hydrogens is 397 g/mol. The van der Waals surface area contributed by atoms with Crippen LogP contribution in [0.25, 0.3) is 11.0 Å². The third-order valence-corrected chi connectivity index (χ3v) is 5.23. The number of carbonyl (C=O) groups excluding carboxylic acids is 1. The van der Waals surface area contributed by atoms with Gasteiger partial charge in [0.15, 0.2) is 5.69 Å². The first-order valence-electron chi connectivity index (χ1n) is 9.64. The van der Waals surface area contributed by atoms with Crippen molar-refractivity contribution in [1.82, 2.24) is 0 Å². The average Bonchev–Trinajstić information content (AvgIpc) is 3.23. The average molecular weight is 416 g/mol. The van der Waals surface area contributed by atoms with Gasteiger partial charge in [-0.3, -0.25) is 4.79 Å². The molecule has 0 aliphatic heterocycles. The maximum Gasteiger partial charge on any atom is 0.416 e. The monoisotopic (exact) mass is 416 g/mol. The minimum atomic E-state index is -4.49. The van der Waals surface area contributed by atoms with Gasteiger partial charge in [-0.05, 0) is 49.2 Å².